The van der Waals surface area contributed by atoms with E-state index >= 15 is 0 Å². The van der Waals surface area contributed by atoms with Crippen LogP contribution in [0.15, 0.2) is 22.7 Å². The molecule has 1 unspecified atom stereocenters. The molecule has 0 aromatic heterocycles. The van der Waals surface area contributed by atoms with E-state index < -0.39 is 18.1 Å². The summed E-state index contributed by atoms with van der Waals surface area (Å²) in [6, 6.07) is 3.92. The molecule has 0 aliphatic heterocycles. The quantitative estimate of drug-likeness (QED) is 0.787. The van der Waals surface area contributed by atoms with Gasteiger partial charge in [-0.15, -0.1) is 0 Å². The minimum absolute atomic E-state index is 0.0803. The first kappa shape index (κ1) is 15.5. The van der Waals surface area contributed by atoms with Gasteiger partial charge in [-0.3, -0.25) is 0 Å². The lowest BCUT2D eigenvalue weighted by Gasteiger charge is -2.20. The molecule has 0 aliphatic carbocycles. The Morgan fingerprint density at radius 2 is 2.11 bits per heavy atom. The molecule has 0 saturated carbocycles. The number of amides is 2. The number of carbonyl (C=O) groups is 2. The van der Waals surface area contributed by atoms with Gasteiger partial charge in [0, 0.05) is 18.1 Å². The Bertz CT molecular complexity index is 491. The van der Waals surface area contributed by atoms with Crippen LogP contribution in [0.1, 0.15) is 17.3 Å². The number of carboxylic acids is 1. The SMILES string of the molecule is CC(O)CN(C)C(=O)Nc1cc(C(=O)O)ccc1Br. The molecule has 3 N–H and O–H groups in total. The van der Waals surface area contributed by atoms with Crippen molar-refractivity contribution < 1.29 is 19.8 Å². The van der Waals surface area contributed by atoms with Crippen molar-refractivity contribution in [2.75, 3.05) is 18.9 Å². The maximum atomic E-state index is 11.8. The van der Waals surface area contributed by atoms with Gasteiger partial charge in [0.25, 0.3) is 0 Å². The van der Waals surface area contributed by atoms with Crippen LogP contribution >= 0.6 is 15.9 Å². The van der Waals surface area contributed by atoms with Crippen molar-refractivity contribution in [1.29, 1.82) is 0 Å². The topological polar surface area (TPSA) is 89.9 Å². The lowest BCUT2D eigenvalue weighted by molar-refractivity contribution is 0.0697. The number of nitrogens with one attached hydrogen (secondary N) is 1. The molecule has 7 heteroatoms. The van der Waals surface area contributed by atoms with Crippen LogP contribution in [0, 0.1) is 0 Å². The van der Waals surface area contributed by atoms with E-state index in [1.807, 2.05) is 0 Å². The predicted octanol–water partition coefficient (Wildman–Crippen LogP) is 1.99. The van der Waals surface area contributed by atoms with Crippen LogP contribution in [0.2, 0.25) is 0 Å². The van der Waals surface area contributed by atoms with Gasteiger partial charge in [-0.05, 0) is 41.1 Å². The Balaban J connectivity index is 2.84. The summed E-state index contributed by atoms with van der Waals surface area (Å²) in [5.74, 6) is -1.07. The fourth-order valence-electron chi connectivity index (χ4n) is 1.44. The molecule has 0 radical (unpaired) electrons. The first-order chi connectivity index (χ1) is 8.81. The molecular weight excluding hydrogens is 316 g/mol. The van der Waals surface area contributed by atoms with Crippen molar-refractivity contribution in [2.45, 2.75) is 13.0 Å². The van der Waals surface area contributed by atoms with Gasteiger partial charge in [0.1, 0.15) is 0 Å². The van der Waals surface area contributed by atoms with Gasteiger partial charge in [-0.25, -0.2) is 9.59 Å². The number of aliphatic hydroxyl groups excluding tert-OH is 1. The summed E-state index contributed by atoms with van der Waals surface area (Å²) in [7, 11) is 1.54. The molecule has 0 aliphatic rings. The highest BCUT2D eigenvalue weighted by atomic mass is 79.9. The zero-order valence-corrected chi connectivity index (χ0v) is 12.1. The molecule has 0 heterocycles. The normalized spacial score (nSPS) is 11.8. The second-order valence-corrected chi connectivity index (χ2v) is 5.01. The Morgan fingerprint density at radius 1 is 1.47 bits per heavy atom. The lowest BCUT2D eigenvalue weighted by atomic mass is 10.2. The van der Waals surface area contributed by atoms with Crippen LogP contribution in [-0.4, -0.2) is 46.8 Å². The van der Waals surface area contributed by atoms with E-state index in [9.17, 15) is 14.7 Å². The zero-order chi connectivity index (χ0) is 14.6. The molecule has 0 spiro atoms. The van der Waals surface area contributed by atoms with Crippen molar-refractivity contribution in [1.82, 2.24) is 4.90 Å². The molecule has 0 bridgehead atoms. The Morgan fingerprint density at radius 3 is 2.63 bits per heavy atom. The van der Waals surface area contributed by atoms with E-state index in [4.69, 9.17) is 5.11 Å². The highest BCUT2D eigenvalue weighted by molar-refractivity contribution is 9.10. The summed E-state index contributed by atoms with van der Waals surface area (Å²) in [4.78, 5) is 24.0. The predicted molar refractivity (Wildman–Crippen MR) is 74.4 cm³/mol. The molecule has 0 fully saturated rings. The van der Waals surface area contributed by atoms with Crippen LogP contribution < -0.4 is 5.32 Å². The number of hydrogen-bond donors (Lipinski definition) is 3. The minimum atomic E-state index is -1.07. The largest absolute Gasteiger partial charge is 0.478 e. The van der Waals surface area contributed by atoms with Gasteiger partial charge in [0.2, 0.25) is 0 Å². The van der Waals surface area contributed by atoms with E-state index in [2.05, 4.69) is 21.2 Å². The molecule has 19 heavy (non-hydrogen) atoms. The van der Waals surface area contributed by atoms with E-state index in [1.54, 1.807) is 13.0 Å². The van der Waals surface area contributed by atoms with E-state index in [0.717, 1.165) is 0 Å². The van der Waals surface area contributed by atoms with Crippen molar-refractivity contribution >= 4 is 33.6 Å². The van der Waals surface area contributed by atoms with E-state index in [0.29, 0.717) is 10.2 Å². The third kappa shape index (κ3) is 4.53. The van der Waals surface area contributed by atoms with Crippen LogP contribution in [0.5, 0.6) is 0 Å². The van der Waals surface area contributed by atoms with Gasteiger partial charge >= 0.3 is 12.0 Å². The zero-order valence-electron chi connectivity index (χ0n) is 10.6. The number of carboxylic acid groups (broad SMARTS) is 1. The number of hydrogen-bond acceptors (Lipinski definition) is 3. The van der Waals surface area contributed by atoms with E-state index in [-0.39, 0.29) is 12.1 Å². The molecular formula is C12H15BrN2O4. The number of likely N-dealkylation sites (N-methyl/N-ethyl adjacent to an activating group) is 1. The first-order valence-electron chi connectivity index (χ1n) is 5.54. The number of anilines is 1. The smallest absolute Gasteiger partial charge is 0.335 e. The molecule has 1 aromatic carbocycles. The second-order valence-electron chi connectivity index (χ2n) is 4.16. The Labute approximate surface area is 119 Å². The van der Waals surface area contributed by atoms with Gasteiger partial charge in [0.05, 0.1) is 17.4 Å². The van der Waals surface area contributed by atoms with Gasteiger partial charge in [0.15, 0.2) is 0 Å². The molecule has 1 aromatic rings. The third-order valence-electron chi connectivity index (χ3n) is 2.34. The number of carbonyl (C=O) groups excluding carboxylic acids is 1. The highest BCUT2D eigenvalue weighted by Crippen LogP contribution is 2.24. The average molecular weight is 331 g/mol. The molecule has 1 rings (SSSR count). The Hall–Kier alpha value is -1.60. The average Bonchev–Trinajstić information content (AvgIpc) is 2.30. The van der Waals surface area contributed by atoms with Crippen molar-refractivity contribution in [3.8, 4) is 0 Å². The highest BCUT2D eigenvalue weighted by Gasteiger charge is 2.14. The lowest BCUT2D eigenvalue weighted by Crippen LogP contribution is -2.36. The van der Waals surface area contributed by atoms with Crippen molar-refractivity contribution in [3.63, 3.8) is 0 Å². The van der Waals surface area contributed by atoms with Crippen molar-refractivity contribution in [3.05, 3.63) is 28.2 Å². The fraction of sp³-hybridized carbons (Fsp3) is 0.333. The Kier molecular flexibility index (Phi) is 5.31. The number of nitrogens with zero attached hydrogens (tertiary/aromatic N) is 1. The monoisotopic (exact) mass is 330 g/mol. The maximum absolute atomic E-state index is 11.8. The number of benzene rings is 1. The fourth-order valence-corrected chi connectivity index (χ4v) is 1.79. The number of urea groups is 1. The number of rotatable bonds is 4. The van der Waals surface area contributed by atoms with Crippen LogP contribution in [0.3, 0.4) is 0 Å². The van der Waals surface area contributed by atoms with Crippen LogP contribution in [-0.2, 0) is 0 Å². The van der Waals surface area contributed by atoms with Gasteiger partial charge < -0.3 is 20.4 Å². The summed E-state index contributed by atoms with van der Waals surface area (Å²) in [6.45, 7) is 1.76. The summed E-state index contributed by atoms with van der Waals surface area (Å²) < 4.78 is 0.580. The third-order valence-corrected chi connectivity index (χ3v) is 3.03. The second kappa shape index (κ2) is 6.53. The summed E-state index contributed by atoms with van der Waals surface area (Å²) in [5, 5.41) is 20.7. The number of aliphatic hydroxyl groups is 1. The molecule has 6 nitrogen and oxygen atoms in total. The van der Waals surface area contributed by atoms with Gasteiger partial charge in [-0.2, -0.15) is 0 Å². The summed E-state index contributed by atoms with van der Waals surface area (Å²) >= 11 is 3.23. The summed E-state index contributed by atoms with van der Waals surface area (Å²) in [5.41, 5.74) is 0.444. The maximum Gasteiger partial charge on any atom is 0.335 e. The molecule has 1 atom stereocenters. The van der Waals surface area contributed by atoms with Gasteiger partial charge in [-0.1, -0.05) is 0 Å². The minimum Gasteiger partial charge on any atom is -0.478 e. The summed E-state index contributed by atoms with van der Waals surface area (Å²) in [6.07, 6.45) is -0.635. The number of halogens is 1. The first-order valence-corrected chi connectivity index (χ1v) is 6.33. The molecule has 2 amide bonds. The standard InChI is InChI=1S/C12H15BrN2O4/c1-7(16)6-15(2)12(19)14-10-5-8(11(17)18)3-4-9(10)13/h3-5,7,16H,6H2,1-2H3,(H,14,19)(H,17,18). The van der Waals surface area contributed by atoms with Crippen LogP contribution in [0.25, 0.3) is 0 Å². The van der Waals surface area contributed by atoms with Crippen LogP contribution in [0.4, 0.5) is 10.5 Å². The number of aromatic carboxylic acids is 1. The van der Waals surface area contributed by atoms with E-state index in [1.165, 1.54) is 24.1 Å². The molecule has 104 valence electrons. The van der Waals surface area contributed by atoms with Crippen molar-refractivity contribution in [2.24, 2.45) is 0 Å². The molecule has 0 saturated heterocycles.